The van der Waals surface area contributed by atoms with Gasteiger partial charge in [-0.1, -0.05) is 12.8 Å². The summed E-state index contributed by atoms with van der Waals surface area (Å²) in [5.74, 6) is 2.25. The highest BCUT2D eigenvalue weighted by Crippen LogP contribution is 2.37. The van der Waals surface area contributed by atoms with E-state index in [9.17, 15) is 4.79 Å². The fourth-order valence-electron chi connectivity index (χ4n) is 4.73. The van der Waals surface area contributed by atoms with Crippen LogP contribution in [0.1, 0.15) is 44.2 Å². The lowest BCUT2D eigenvalue weighted by molar-refractivity contribution is -0.136. The lowest BCUT2D eigenvalue weighted by Gasteiger charge is -2.32. The van der Waals surface area contributed by atoms with Crippen molar-refractivity contribution in [1.29, 1.82) is 0 Å². The van der Waals surface area contributed by atoms with Gasteiger partial charge in [0.25, 0.3) is 0 Å². The van der Waals surface area contributed by atoms with Gasteiger partial charge >= 0.3 is 0 Å². The van der Waals surface area contributed by atoms with Gasteiger partial charge in [-0.25, -0.2) is 4.98 Å². The summed E-state index contributed by atoms with van der Waals surface area (Å²) < 4.78 is 5.03. The highest BCUT2D eigenvalue weighted by molar-refractivity contribution is 5.79. The van der Waals surface area contributed by atoms with Crippen molar-refractivity contribution < 1.29 is 9.21 Å². The topological polar surface area (TPSA) is 49.6 Å². The van der Waals surface area contributed by atoms with Crippen molar-refractivity contribution in [2.45, 2.75) is 45.1 Å². The molecule has 1 aromatic rings. The average Bonchev–Trinajstić information content (AvgIpc) is 3.24. The molecular weight excluding hydrogens is 290 g/mol. The van der Waals surface area contributed by atoms with E-state index in [2.05, 4.69) is 14.8 Å². The lowest BCUT2D eigenvalue weighted by atomic mass is 9.82. The van der Waals surface area contributed by atoms with E-state index in [-0.39, 0.29) is 5.92 Å². The van der Waals surface area contributed by atoms with Crippen LogP contribution < -0.4 is 0 Å². The van der Waals surface area contributed by atoms with Crippen LogP contribution in [-0.2, 0) is 11.3 Å². The zero-order chi connectivity index (χ0) is 15.6. The number of amides is 1. The van der Waals surface area contributed by atoms with Gasteiger partial charge in [0.1, 0.15) is 6.26 Å². The van der Waals surface area contributed by atoms with E-state index in [0.717, 1.165) is 63.1 Å². The first-order valence-electron chi connectivity index (χ1n) is 9.18. The number of nitrogens with zero attached hydrogens (tertiary/aromatic N) is 3. The zero-order valence-corrected chi connectivity index (χ0v) is 13.8. The van der Waals surface area contributed by atoms with E-state index in [1.54, 1.807) is 6.26 Å². The highest BCUT2D eigenvalue weighted by atomic mass is 16.3. The van der Waals surface area contributed by atoms with E-state index in [1.807, 2.05) is 0 Å². The molecule has 3 aliphatic rings. The van der Waals surface area contributed by atoms with Gasteiger partial charge < -0.3 is 9.32 Å². The Labute approximate surface area is 138 Å². The number of piperidine rings is 1. The van der Waals surface area contributed by atoms with Gasteiger partial charge in [0, 0.05) is 25.6 Å². The van der Waals surface area contributed by atoms with E-state index < -0.39 is 0 Å². The van der Waals surface area contributed by atoms with Crippen LogP contribution in [0.3, 0.4) is 0 Å². The first-order chi connectivity index (χ1) is 11.3. The number of rotatable bonds is 3. The molecule has 0 aromatic carbocycles. The van der Waals surface area contributed by atoms with Crippen molar-refractivity contribution in [1.82, 2.24) is 14.8 Å². The monoisotopic (exact) mass is 317 g/mol. The number of hydrogen-bond acceptors (Lipinski definition) is 4. The quantitative estimate of drug-likeness (QED) is 0.859. The summed E-state index contributed by atoms with van der Waals surface area (Å²) in [5.41, 5.74) is 0.985. The number of hydrogen-bond donors (Lipinski definition) is 0. The van der Waals surface area contributed by atoms with Crippen molar-refractivity contribution in [3.63, 3.8) is 0 Å². The highest BCUT2D eigenvalue weighted by Gasteiger charge is 2.38. The molecule has 1 aromatic heterocycles. The number of carbonyl (C=O) groups is 1. The van der Waals surface area contributed by atoms with Crippen molar-refractivity contribution in [3.05, 3.63) is 18.4 Å². The zero-order valence-electron chi connectivity index (χ0n) is 13.8. The second kappa shape index (κ2) is 6.63. The number of likely N-dealkylation sites (tertiary alicyclic amines) is 2. The molecule has 1 saturated carbocycles. The van der Waals surface area contributed by atoms with Gasteiger partial charge in [0.15, 0.2) is 6.39 Å². The van der Waals surface area contributed by atoms with E-state index in [0.29, 0.717) is 5.91 Å². The average molecular weight is 317 g/mol. The molecule has 5 nitrogen and oxygen atoms in total. The molecule has 2 saturated heterocycles. The summed E-state index contributed by atoms with van der Waals surface area (Å²) in [6, 6.07) is 0. The summed E-state index contributed by atoms with van der Waals surface area (Å²) in [6.07, 6.45) is 10.6. The fraction of sp³-hybridized carbons (Fsp3) is 0.778. The van der Waals surface area contributed by atoms with Gasteiger partial charge in [0.2, 0.25) is 5.91 Å². The maximum atomic E-state index is 12.8. The number of carbonyl (C=O) groups excluding carboxylic acids is 1. The van der Waals surface area contributed by atoms with Crippen LogP contribution in [0.25, 0.3) is 0 Å². The normalized spacial score (nSPS) is 29.7. The molecule has 0 spiro atoms. The molecule has 4 rings (SSSR count). The molecule has 3 fully saturated rings. The molecule has 126 valence electrons. The van der Waals surface area contributed by atoms with Gasteiger partial charge in [-0.2, -0.15) is 0 Å². The van der Waals surface area contributed by atoms with Crippen LogP contribution in [-0.4, -0.2) is 46.9 Å². The summed E-state index contributed by atoms with van der Waals surface area (Å²) in [4.78, 5) is 21.6. The van der Waals surface area contributed by atoms with Crippen molar-refractivity contribution >= 4 is 5.91 Å². The molecule has 0 radical (unpaired) electrons. The second-order valence-corrected chi connectivity index (χ2v) is 7.58. The van der Waals surface area contributed by atoms with Crippen LogP contribution in [0.15, 0.2) is 17.1 Å². The lowest BCUT2D eigenvalue weighted by Crippen LogP contribution is -2.41. The maximum absolute atomic E-state index is 12.8. The molecule has 2 unspecified atom stereocenters. The minimum Gasteiger partial charge on any atom is -0.451 e. The minimum atomic E-state index is 0.240. The summed E-state index contributed by atoms with van der Waals surface area (Å²) in [5, 5.41) is 0. The van der Waals surface area contributed by atoms with Gasteiger partial charge in [-0.05, 0) is 50.6 Å². The molecular formula is C18H27N3O2. The van der Waals surface area contributed by atoms with Crippen LogP contribution in [0.2, 0.25) is 0 Å². The third-order valence-corrected chi connectivity index (χ3v) is 6.09. The SMILES string of the molecule is O=C(C1CCN(Cc2cocn2)CC1)N1CC2CCCCC2C1. The fourth-order valence-corrected chi connectivity index (χ4v) is 4.73. The molecule has 1 aliphatic carbocycles. The second-order valence-electron chi connectivity index (χ2n) is 7.58. The van der Waals surface area contributed by atoms with Crippen molar-refractivity contribution in [2.24, 2.45) is 17.8 Å². The Hall–Kier alpha value is -1.36. The molecule has 5 heteroatoms. The Morgan fingerprint density at radius 1 is 1.13 bits per heavy atom. The van der Waals surface area contributed by atoms with Crippen LogP contribution in [0.4, 0.5) is 0 Å². The molecule has 3 heterocycles. The van der Waals surface area contributed by atoms with E-state index in [4.69, 9.17) is 4.42 Å². The van der Waals surface area contributed by atoms with Crippen molar-refractivity contribution in [2.75, 3.05) is 26.2 Å². The number of oxazole rings is 1. The van der Waals surface area contributed by atoms with Crippen molar-refractivity contribution in [3.8, 4) is 0 Å². The molecule has 23 heavy (non-hydrogen) atoms. The van der Waals surface area contributed by atoms with E-state index >= 15 is 0 Å². The summed E-state index contributed by atoms with van der Waals surface area (Å²) >= 11 is 0. The predicted molar refractivity (Wildman–Crippen MR) is 86.5 cm³/mol. The Kier molecular flexibility index (Phi) is 4.38. The molecule has 2 aliphatic heterocycles. The largest absolute Gasteiger partial charge is 0.451 e. The van der Waals surface area contributed by atoms with Gasteiger partial charge in [-0.15, -0.1) is 0 Å². The van der Waals surface area contributed by atoms with Gasteiger partial charge in [0.05, 0.1) is 5.69 Å². The van der Waals surface area contributed by atoms with Crippen LogP contribution in [0.5, 0.6) is 0 Å². The Morgan fingerprint density at radius 3 is 2.43 bits per heavy atom. The number of aromatic nitrogens is 1. The molecule has 2 atom stereocenters. The minimum absolute atomic E-state index is 0.240. The number of fused-ring (bicyclic) bond motifs is 1. The first-order valence-corrected chi connectivity index (χ1v) is 9.18. The predicted octanol–water partition coefficient (Wildman–Crippen LogP) is 2.54. The smallest absolute Gasteiger partial charge is 0.225 e. The maximum Gasteiger partial charge on any atom is 0.225 e. The Morgan fingerprint density at radius 2 is 1.83 bits per heavy atom. The van der Waals surface area contributed by atoms with Crippen LogP contribution >= 0.6 is 0 Å². The molecule has 1 amide bonds. The van der Waals surface area contributed by atoms with Gasteiger partial charge in [-0.3, -0.25) is 9.69 Å². The third-order valence-electron chi connectivity index (χ3n) is 6.09. The summed E-state index contributed by atoms with van der Waals surface area (Å²) in [6.45, 7) is 4.88. The third kappa shape index (κ3) is 3.30. The summed E-state index contributed by atoms with van der Waals surface area (Å²) in [7, 11) is 0. The first kappa shape index (κ1) is 15.2. The Bertz CT molecular complexity index is 508. The van der Waals surface area contributed by atoms with E-state index in [1.165, 1.54) is 32.1 Å². The molecule has 0 N–H and O–H groups in total. The standard InChI is InChI=1S/C18H27N3O2/c22-18(21-9-15-3-1-2-4-16(15)10-21)14-5-7-20(8-6-14)11-17-12-23-13-19-17/h12-16H,1-11H2. The molecule has 0 bridgehead atoms. The van der Waals surface area contributed by atoms with Crippen LogP contribution in [0, 0.1) is 17.8 Å². The Balaban J connectivity index is 1.27.